The van der Waals surface area contributed by atoms with Crippen molar-refractivity contribution in [1.29, 1.82) is 0 Å². The Kier molecular flexibility index (Phi) is 3.65. The molecular formula is C18H23FN2O2. The van der Waals surface area contributed by atoms with Gasteiger partial charge in [0.15, 0.2) is 0 Å². The maximum Gasteiger partial charge on any atom is 0.219 e. The van der Waals surface area contributed by atoms with Crippen molar-refractivity contribution in [2.45, 2.75) is 44.4 Å². The molecular weight excluding hydrogens is 295 g/mol. The number of halogens is 1. The van der Waals surface area contributed by atoms with Crippen LogP contribution in [-0.2, 0) is 22.5 Å². The molecule has 3 aliphatic heterocycles. The number of carbonyl (C=O) groups is 1. The summed E-state index contributed by atoms with van der Waals surface area (Å²) < 4.78 is 20.1. The highest BCUT2D eigenvalue weighted by Crippen LogP contribution is 2.37. The van der Waals surface area contributed by atoms with Crippen molar-refractivity contribution >= 4 is 5.91 Å². The van der Waals surface area contributed by atoms with Gasteiger partial charge in [-0.2, -0.15) is 0 Å². The van der Waals surface area contributed by atoms with E-state index in [0.717, 1.165) is 43.5 Å². The number of hydrogen-bond donors (Lipinski definition) is 0. The molecule has 0 N–H and O–H groups in total. The van der Waals surface area contributed by atoms with E-state index in [0.29, 0.717) is 25.7 Å². The minimum atomic E-state index is -0.163. The number of likely N-dealkylation sites (tertiary alicyclic amines) is 1. The highest BCUT2D eigenvalue weighted by molar-refractivity contribution is 5.74. The van der Waals surface area contributed by atoms with Crippen molar-refractivity contribution < 1.29 is 13.9 Å². The molecule has 2 fully saturated rings. The van der Waals surface area contributed by atoms with Gasteiger partial charge in [0.05, 0.1) is 13.1 Å². The van der Waals surface area contributed by atoms with Gasteiger partial charge >= 0.3 is 0 Å². The smallest absolute Gasteiger partial charge is 0.219 e. The van der Waals surface area contributed by atoms with Gasteiger partial charge in [-0.25, -0.2) is 4.39 Å². The number of fused-ring (bicyclic) bond motifs is 1. The third kappa shape index (κ3) is 2.66. The van der Waals surface area contributed by atoms with Crippen LogP contribution in [-0.4, -0.2) is 53.6 Å². The summed E-state index contributed by atoms with van der Waals surface area (Å²) in [7, 11) is 0. The molecule has 1 amide bonds. The highest BCUT2D eigenvalue weighted by atomic mass is 19.1. The van der Waals surface area contributed by atoms with E-state index in [4.69, 9.17) is 4.74 Å². The first kappa shape index (κ1) is 15.1. The van der Waals surface area contributed by atoms with E-state index in [9.17, 15) is 9.18 Å². The SMILES string of the molecule is CC(=O)N1CC2(C[C@@H](N3CCc4cccc(F)c4C3)CCO2)C1. The number of nitrogens with zero attached hydrogens (tertiary/aromatic N) is 2. The number of hydrogen-bond acceptors (Lipinski definition) is 3. The molecule has 2 saturated heterocycles. The Morgan fingerprint density at radius 3 is 3.00 bits per heavy atom. The molecule has 5 heteroatoms. The van der Waals surface area contributed by atoms with Crippen LogP contribution in [0, 0.1) is 5.82 Å². The quantitative estimate of drug-likeness (QED) is 0.793. The lowest BCUT2D eigenvalue weighted by molar-refractivity contribution is -0.189. The first-order valence-corrected chi connectivity index (χ1v) is 8.46. The van der Waals surface area contributed by atoms with Crippen molar-refractivity contribution in [2.24, 2.45) is 0 Å². The van der Waals surface area contributed by atoms with Crippen LogP contribution in [0.15, 0.2) is 18.2 Å². The maximum atomic E-state index is 14.1. The van der Waals surface area contributed by atoms with Crippen molar-refractivity contribution in [3.8, 4) is 0 Å². The second-order valence-electron chi connectivity index (χ2n) is 7.15. The molecule has 1 atom stereocenters. The van der Waals surface area contributed by atoms with Crippen LogP contribution >= 0.6 is 0 Å². The summed E-state index contributed by atoms with van der Waals surface area (Å²) in [6, 6.07) is 5.82. The van der Waals surface area contributed by atoms with E-state index in [2.05, 4.69) is 4.90 Å². The maximum absolute atomic E-state index is 14.1. The Morgan fingerprint density at radius 1 is 1.39 bits per heavy atom. The molecule has 3 aliphatic rings. The van der Waals surface area contributed by atoms with Gasteiger partial charge in [-0.05, 0) is 30.9 Å². The highest BCUT2D eigenvalue weighted by Gasteiger charge is 2.49. The van der Waals surface area contributed by atoms with Crippen LogP contribution in [0.25, 0.3) is 0 Å². The zero-order valence-electron chi connectivity index (χ0n) is 13.6. The second kappa shape index (κ2) is 5.56. The Hall–Kier alpha value is -1.46. The van der Waals surface area contributed by atoms with Crippen molar-refractivity contribution in [1.82, 2.24) is 9.80 Å². The van der Waals surface area contributed by atoms with Gasteiger partial charge < -0.3 is 9.64 Å². The predicted molar refractivity (Wildman–Crippen MR) is 84.5 cm³/mol. The van der Waals surface area contributed by atoms with Crippen LogP contribution in [0.2, 0.25) is 0 Å². The standard InChI is InChI=1S/C18H23FN2O2/c1-13(22)21-11-18(12-21)9-15(6-8-23-18)20-7-5-14-3-2-4-17(19)16(14)10-20/h2-4,15H,5-12H2,1H3/t15-/m0/s1. The van der Waals surface area contributed by atoms with Gasteiger partial charge in [0.25, 0.3) is 0 Å². The minimum Gasteiger partial charge on any atom is -0.371 e. The number of benzene rings is 1. The van der Waals surface area contributed by atoms with Crippen molar-refractivity contribution in [2.75, 3.05) is 26.2 Å². The number of carbonyl (C=O) groups excluding carboxylic acids is 1. The van der Waals surface area contributed by atoms with Gasteiger partial charge in [-0.15, -0.1) is 0 Å². The lowest BCUT2D eigenvalue weighted by Gasteiger charge is -2.54. The largest absolute Gasteiger partial charge is 0.371 e. The van der Waals surface area contributed by atoms with Crippen molar-refractivity contribution in [3.63, 3.8) is 0 Å². The van der Waals surface area contributed by atoms with E-state index >= 15 is 0 Å². The van der Waals surface area contributed by atoms with Crippen LogP contribution in [0.4, 0.5) is 4.39 Å². The monoisotopic (exact) mass is 318 g/mol. The minimum absolute atomic E-state index is 0.0830. The summed E-state index contributed by atoms with van der Waals surface area (Å²) in [5.74, 6) is 0.0377. The lowest BCUT2D eigenvalue weighted by atomic mass is 9.82. The molecule has 0 aromatic heterocycles. The normalized spacial score (nSPS) is 26.7. The van der Waals surface area contributed by atoms with E-state index in [1.54, 1.807) is 19.1 Å². The third-order valence-electron chi connectivity index (χ3n) is 5.63. The van der Waals surface area contributed by atoms with Gasteiger partial charge in [0, 0.05) is 38.2 Å². The van der Waals surface area contributed by atoms with E-state index in [1.165, 1.54) is 0 Å². The van der Waals surface area contributed by atoms with Crippen LogP contribution in [0.1, 0.15) is 30.9 Å². The molecule has 124 valence electrons. The van der Waals surface area contributed by atoms with Gasteiger partial charge in [-0.3, -0.25) is 9.69 Å². The average Bonchev–Trinajstić information content (AvgIpc) is 2.52. The van der Waals surface area contributed by atoms with Crippen LogP contribution in [0.5, 0.6) is 0 Å². The molecule has 1 spiro atoms. The zero-order valence-corrected chi connectivity index (χ0v) is 13.6. The molecule has 0 unspecified atom stereocenters. The van der Waals surface area contributed by atoms with Gasteiger partial charge in [-0.1, -0.05) is 12.1 Å². The number of rotatable bonds is 1. The van der Waals surface area contributed by atoms with E-state index in [1.807, 2.05) is 11.0 Å². The molecule has 0 bridgehead atoms. The molecule has 4 rings (SSSR count). The Labute approximate surface area is 136 Å². The molecule has 3 heterocycles. The number of ether oxygens (including phenoxy) is 1. The first-order valence-electron chi connectivity index (χ1n) is 8.46. The van der Waals surface area contributed by atoms with E-state index in [-0.39, 0.29) is 17.3 Å². The fraction of sp³-hybridized carbons (Fsp3) is 0.611. The van der Waals surface area contributed by atoms with Gasteiger partial charge in [0.2, 0.25) is 5.91 Å². The fourth-order valence-corrected chi connectivity index (χ4v) is 4.28. The molecule has 1 aromatic rings. The summed E-state index contributed by atoms with van der Waals surface area (Å²) in [6.45, 7) is 5.43. The van der Waals surface area contributed by atoms with E-state index < -0.39 is 0 Å². The number of amides is 1. The summed E-state index contributed by atoms with van der Waals surface area (Å²) in [6.07, 6.45) is 2.85. The molecule has 0 radical (unpaired) electrons. The fourth-order valence-electron chi connectivity index (χ4n) is 4.28. The molecule has 4 nitrogen and oxygen atoms in total. The average molecular weight is 318 g/mol. The topological polar surface area (TPSA) is 32.8 Å². The summed E-state index contributed by atoms with van der Waals surface area (Å²) in [5.41, 5.74) is 1.84. The summed E-state index contributed by atoms with van der Waals surface area (Å²) in [4.78, 5) is 15.7. The second-order valence-corrected chi connectivity index (χ2v) is 7.15. The summed E-state index contributed by atoms with van der Waals surface area (Å²) in [5, 5.41) is 0. The molecule has 1 aromatic carbocycles. The molecule has 0 saturated carbocycles. The third-order valence-corrected chi connectivity index (χ3v) is 5.63. The van der Waals surface area contributed by atoms with Crippen molar-refractivity contribution in [3.05, 3.63) is 35.1 Å². The summed E-state index contributed by atoms with van der Waals surface area (Å²) >= 11 is 0. The zero-order chi connectivity index (χ0) is 16.0. The molecule has 0 aliphatic carbocycles. The Balaban J connectivity index is 1.45. The first-order chi connectivity index (χ1) is 11.1. The Bertz CT molecular complexity index is 627. The van der Waals surface area contributed by atoms with Crippen LogP contribution < -0.4 is 0 Å². The molecule has 23 heavy (non-hydrogen) atoms. The Morgan fingerprint density at radius 2 is 2.22 bits per heavy atom. The van der Waals surface area contributed by atoms with Crippen LogP contribution in [0.3, 0.4) is 0 Å². The van der Waals surface area contributed by atoms with Gasteiger partial charge in [0.1, 0.15) is 11.4 Å². The predicted octanol–water partition coefficient (Wildman–Crippen LogP) is 1.96. The lowest BCUT2D eigenvalue weighted by Crippen LogP contribution is -2.68.